The Morgan fingerprint density at radius 3 is 2.29 bits per heavy atom. The van der Waals surface area contributed by atoms with E-state index in [1.165, 1.54) is 10.6 Å². The molecule has 2 aromatic carbocycles. The van der Waals surface area contributed by atoms with Gasteiger partial charge in [-0.3, -0.25) is 14.3 Å². The quantitative estimate of drug-likeness (QED) is 0.564. The Labute approximate surface area is 143 Å². The molecule has 0 radical (unpaired) electrons. The number of aromatic hydroxyl groups is 1. The molecule has 3 aromatic rings. The van der Waals surface area contributed by atoms with E-state index < -0.39 is 5.56 Å². The summed E-state index contributed by atoms with van der Waals surface area (Å²) >= 11 is 5.16. The van der Waals surface area contributed by atoms with E-state index in [0.29, 0.717) is 5.69 Å². The van der Waals surface area contributed by atoms with Crippen LogP contribution in [0.4, 0.5) is 0 Å². The highest BCUT2D eigenvalue weighted by atomic mass is 32.1. The average molecular weight is 334 g/mol. The number of aromatic amines is 1. The number of para-hydroxylation sites is 1. The van der Waals surface area contributed by atoms with E-state index in [2.05, 4.69) is 10.7 Å². The number of H-pyrrole nitrogens is 1. The second-order valence-corrected chi connectivity index (χ2v) is 5.42. The lowest BCUT2D eigenvalue weighted by Gasteiger charge is -2.10. The Morgan fingerprint density at radius 1 is 1.00 bits per heavy atom. The van der Waals surface area contributed by atoms with Gasteiger partial charge in [0.05, 0.1) is 5.69 Å². The van der Waals surface area contributed by atoms with Crippen molar-refractivity contribution >= 4 is 24.4 Å². The fourth-order valence-electron chi connectivity index (χ4n) is 2.26. The molecule has 0 unspecified atom stereocenters. The van der Waals surface area contributed by atoms with Crippen molar-refractivity contribution in [2.75, 3.05) is 0 Å². The van der Waals surface area contributed by atoms with E-state index in [9.17, 15) is 9.90 Å². The maximum atomic E-state index is 12.1. The molecule has 0 aliphatic carbocycles. The van der Waals surface area contributed by atoms with Gasteiger partial charge in [0, 0.05) is 0 Å². The third kappa shape index (κ3) is 3.27. The number of nitrogens with zero attached hydrogens (tertiary/aromatic N) is 1. The van der Waals surface area contributed by atoms with Crippen molar-refractivity contribution in [3.8, 4) is 11.6 Å². The molecule has 0 amide bonds. The van der Waals surface area contributed by atoms with Gasteiger partial charge in [-0.25, -0.2) is 0 Å². The highest BCUT2D eigenvalue weighted by Crippen LogP contribution is 2.20. The average Bonchev–Trinajstić information content (AvgIpc) is 2.59. The number of hydrogen-bond donors (Lipinski definition) is 2. The summed E-state index contributed by atoms with van der Waals surface area (Å²) in [5, 5.41) is 10.5. The molecule has 2 N–H and O–H groups in total. The normalized spacial score (nSPS) is 10.0. The molecule has 4 nitrogen and oxygen atoms in total. The van der Waals surface area contributed by atoms with Gasteiger partial charge in [0.2, 0.25) is 5.88 Å². The lowest BCUT2D eigenvalue weighted by atomic mass is 10.2. The van der Waals surface area contributed by atoms with E-state index in [-0.39, 0.29) is 16.2 Å². The van der Waals surface area contributed by atoms with Gasteiger partial charge in [0.15, 0.2) is 4.77 Å². The van der Waals surface area contributed by atoms with E-state index >= 15 is 0 Å². The molecular formula is C19H14N2O2S. The van der Waals surface area contributed by atoms with Crippen LogP contribution in [0.1, 0.15) is 11.1 Å². The van der Waals surface area contributed by atoms with Crippen molar-refractivity contribution in [2.45, 2.75) is 0 Å². The molecule has 0 saturated carbocycles. The minimum Gasteiger partial charge on any atom is -0.494 e. The molecule has 0 aliphatic heterocycles. The van der Waals surface area contributed by atoms with E-state index in [4.69, 9.17) is 12.2 Å². The van der Waals surface area contributed by atoms with Gasteiger partial charge < -0.3 is 5.11 Å². The highest BCUT2D eigenvalue weighted by molar-refractivity contribution is 7.71. The standard InChI is InChI=1S/C19H14N2O2S/c22-17-16(13-7-10-14-8-3-1-4-9-14)18(23)21(19(24)20-17)15-11-5-2-6-12-15/h1-6,8-13,23H,(H,20,22,24). The van der Waals surface area contributed by atoms with E-state index in [1.54, 1.807) is 18.2 Å². The van der Waals surface area contributed by atoms with Crippen LogP contribution in [-0.2, 0) is 0 Å². The van der Waals surface area contributed by atoms with Crippen LogP contribution in [0.3, 0.4) is 0 Å². The highest BCUT2D eigenvalue weighted by Gasteiger charge is 2.11. The number of rotatable bonds is 3. The van der Waals surface area contributed by atoms with Crippen molar-refractivity contribution in [3.05, 3.63) is 92.6 Å². The first kappa shape index (κ1) is 15.7. The molecule has 118 valence electrons. The SMILES string of the molecule is O=c1[nH]c(=S)n(-c2ccccc2)c(O)c1C=C=Cc1ccccc1. The van der Waals surface area contributed by atoms with Crippen molar-refractivity contribution < 1.29 is 5.11 Å². The molecule has 5 heteroatoms. The summed E-state index contributed by atoms with van der Waals surface area (Å²) in [7, 11) is 0. The second-order valence-electron chi connectivity index (χ2n) is 5.03. The Hall–Kier alpha value is -3.14. The molecule has 1 heterocycles. The summed E-state index contributed by atoms with van der Waals surface area (Å²) in [6, 6.07) is 18.7. The maximum Gasteiger partial charge on any atom is 0.263 e. The van der Waals surface area contributed by atoms with Crippen molar-refractivity contribution in [1.29, 1.82) is 0 Å². The van der Waals surface area contributed by atoms with Crippen LogP contribution in [0.15, 0.2) is 71.2 Å². The molecule has 1 aromatic heterocycles. The van der Waals surface area contributed by atoms with Crippen LogP contribution in [0.2, 0.25) is 0 Å². The van der Waals surface area contributed by atoms with Gasteiger partial charge in [-0.05, 0) is 42.1 Å². The van der Waals surface area contributed by atoms with Crippen LogP contribution in [0.25, 0.3) is 17.8 Å². The smallest absolute Gasteiger partial charge is 0.263 e. The number of nitrogens with one attached hydrogen (secondary N) is 1. The zero-order valence-corrected chi connectivity index (χ0v) is 13.5. The lowest BCUT2D eigenvalue weighted by molar-refractivity contribution is 0.432. The second kappa shape index (κ2) is 6.96. The zero-order valence-electron chi connectivity index (χ0n) is 12.6. The predicted octanol–water partition coefficient (Wildman–Crippen LogP) is 3.93. The zero-order chi connectivity index (χ0) is 16.9. The Morgan fingerprint density at radius 2 is 1.62 bits per heavy atom. The first-order valence-corrected chi connectivity index (χ1v) is 7.69. The summed E-state index contributed by atoms with van der Waals surface area (Å²) in [4.78, 5) is 14.7. The van der Waals surface area contributed by atoms with Crippen LogP contribution in [-0.4, -0.2) is 14.7 Å². The molecule has 24 heavy (non-hydrogen) atoms. The van der Waals surface area contributed by atoms with Gasteiger partial charge in [0.1, 0.15) is 5.56 Å². The van der Waals surface area contributed by atoms with E-state index in [0.717, 1.165) is 5.56 Å². The van der Waals surface area contributed by atoms with Crippen LogP contribution < -0.4 is 5.56 Å². The first-order valence-electron chi connectivity index (χ1n) is 7.28. The van der Waals surface area contributed by atoms with Crippen molar-refractivity contribution in [2.24, 2.45) is 0 Å². The molecule has 0 spiro atoms. The Kier molecular flexibility index (Phi) is 4.57. The minimum absolute atomic E-state index is 0.0969. The molecule has 3 rings (SSSR count). The summed E-state index contributed by atoms with van der Waals surface area (Å²) in [5.74, 6) is -0.219. The Bertz CT molecular complexity index is 1030. The number of aromatic nitrogens is 2. The largest absolute Gasteiger partial charge is 0.494 e. The number of benzene rings is 2. The molecule has 0 fully saturated rings. The maximum absolute atomic E-state index is 12.1. The number of hydrogen-bond acceptors (Lipinski definition) is 3. The summed E-state index contributed by atoms with van der Waals surface area (Å²) in [5.41, 5.74) is 4.17. The summed E-state index contributed by atoms with van der Waals surface area (Å²) in [6.45, 7) is 0. The van der Waals surface area contributed by atoms with Gasteiger partial charge in [0.25, 0.3) is 5.56 Å². The summed E-state index contributed by atoms with van der Waals surface area (Å²) in [6.07, 6.45) is 3.17. The summed E-state index contributed by atoms with van der Waals surface area (Å²) < 4.78 is 1.54. The van der Waals surface area contributed by atoms with Crippen molar-refractivity contribution in [3.63, 3.8) is 0 Å². The monoisotopic (exact) mass is 334 g/mol. The van der Waals surface area contributed by atoms with Crippen molar-refractivity contribution in [1.82, 2.24) is 9.55 Å². The topological polar surface area (TPSA) is 58.0 Å². The fourth-order valence-corrected chi connectivity index (χ4v) is 2.54. The third-order valence-corrected chi connectivity index (χ3v) is 3.70. The molecular weight excluding hydrogens is 320 g/mol. The third-order valence-electron chi connectivity index (χ3n) is 3.41. The van der Waals surface area contributed by atoms with E-state index in [1.807, 2.05) is 48.5 Å². The molecule has 0 bridgehead atoms. The van der Waals surface area contributed by atoms with Gasteiger partial charge in [-0.2, -0.15) is 0 Å². The van der Waals surface area contributed by atoms with Crippen LogP contribution in [0.5, 0.6) is 5.88 Å². The predicted molar refractivity (Wildman–Crippen MR) is 97.8 cm³/mol. The fraction of sp³-hybridized carbons (Fsp3) is 0. The molecule has 0 atom stereocenters. The minimum atomic E-state index is -0.460. The van der Waals surface area contributed by atoms with Gasteiger partial charge in [-0.1, -0.05) is 48.5 Å². The van der Waals surface area contributed by atoms with Gasteiger partial charge in [-0.15, -0.1) is 5.73 Å². The lowest BCUT2D eigenvalue weighted by Crippen LogP contribution is -2.15. The molecule has 0 saturated heterocycles. The van der Waals surface area contributed by atoms with Crippen LogP contribution >= 0.6 is 12.2 Å². The molecule has 0 aliphatic rings. The first-order chi connectivity index (χ1) is 11.7. The van der Waals surface area contributed by atoms with Crippen LogP contribution in [0, 0.1) is 4.77 Å². The van der Waals surface area contributed by atoms with Gasteiger partial charge >= 0.3 is 0 Å². The Balaban J connectivity index is 2.11.